The van der Waals surface area contributed by atoms with E-state index >= 15 is 0 Å². The number of piperidine rings is 1. The fraction of sp³-hybridized carbons (Fsp3) is 0.680. The molecule has 7 heteroatoms. The van der Waals surface area contributed by atoms with Crippen molar-refractivity contribution in [2.24, 2.45) is 23.2 Å². The van der Waals surface area contributed by atoms with Crippen LogP contribution in [0, 0.1) is 23.2 Å². The number of carbonyl (C=O) groups excluding carboxylic acids is 2. The molecular weight excluding hydrogens is 417 g/mol. The Morgan fingerprint density at radius 3 is 2.09 bits per heavy atom. The number of carbonyl (C=O) groups is 2. The summed E-state index contributed by atoms with van der Waals surface area (Å²) in [5.41, 5.74) is -1.00. The summed E-state index contributed by atoms with van der Waals surface area (Å²) < 4.78 is 39.8. The Kier molecular flexibility index (Phi) is 5.49. The summed E-state index contributed by atoms with van der Waals surface area (Å²) in [6, 6.07) is 4.93. The van der Waals surface area contributed by atoms with Gasteiger partial charge >= 0.3 is 6.18 Å². The summed E-state index contributed by atoms with van der Waals surface area (Å²) in [5.74, 6) is 1.95. The highest BCUT2D eigenvalue weighted by Gasteiger charge is 2.51. The molecule has 0 unspecified atom stereocenters. The van der Waals surface area contributed by atoms with Crippen LogP contribution >= 0.6 is 0 Å². The lowest BCUT2D eigenvalue weighted by molar-refractivity contribution is -0.138. The van der Waals surface area contributed by atoms with E-state index in [0.29, 0.717) is 32.4 Å². The second kappa shape index (κ2) is 8.07. The molecule has 4 bridgehead atoms. The molecule has 5 fully saturated rings. The topological polar surface area (TPSA) is 49.4 Å². The largest absolute Gasteiger partial charge is 0.417 e. The van der Waals surface area contributed by atoms with Crippen molar-refractivity contribution in [1.82, 2.24) is 10.2 Å². The quantitative estimate of drug-likeness (QED) is 0.702. The molecule has 2 amide bonds. The predicted molar refractivity (Wildman–Crippen MR) is 114 cm³/mol. The van der Waals surface area contributed by atoms with Crippen LogP contribution in [0.4, 0.5) is 13.2 Å². The van der Waals surface area contributed by atoms with Gasteiger partial charge in [0.1, 0.15) is 0 Å². The lowest BCUT2D eigenvalue weighted by Gasteiger charge is -2.56. The van der Waals surface area contributed by atoms with Gasteiger partial charge in [0, 0.05) is 25.6 Å². The molecule has 1 heterocycles. The highest BCUT2D eigenvalue weighted by Crippen LogP contribution is 2.61. The Labute approximate surface area is 186 Å². The van der Waals surface area contributed by atoms with Gasteiger partial charge in [-0.05, 0) is 86.7 Å². The first-order valence-corrected chi connectivity index (χ1v) is 12.0. The predicted octanol–water partition coefficient (Wildman–Crippen LogP) is 5.03. The molecule has 174 valence electrons. The van der Waals surface area contributed by atoms with Crippen LogP contribution in [0.3, 0.4) is 0 Å². The van der Waals surface area contributed by atoms with Gasteiger partial charge < -0.3 is 10.2 Å². The van der Waals surface area contributed by atoms with E-state index in [1.165, 1.54) is 61.6 Å². The number of amides is 2. The minimum Gasteiger partial charge on any atom is -0.353 e. The number of rotatable bonds is 4. The fourth-order valence-electron chi connectivity index (χ4n) is 7.44. The molecule has 1 saturated heterocycles. The number of hydrogen-bond donors (Lipinski definition) is 1. The maximum Gasteiger partial charge on any atom is 0.417 e. The second-order valence-corrected chi connectivity index (χ2v) is 10.8. The number of likely N-dealkylation sites (tertiary alicyclic amines) is 1. The van der Waals surface area contributed by atoms with E-state index in [9.17, 15) is 22.8 Å². The average Bonchev–Trinajstić information content (AvgIpc) is 2.71. The van der Waals surface area contributed by atoms with E-state index in [2.05, 4.69) is 5.32 Å². The molecule has 1 N–H and O–H groups in total. The van der Waals surface area contributed by atoms with Crippen molar-refractivity contribution >= 4 is 11.8 Å². The Morgan fingerprint density at radius 1 is 0.969 bits per heavy atom. The smallest absolute Gasteiger partial charge is 0.353 e. The van der Waals surface area contributed by atoms with Crippen LogP contribution in [0.15, 0.2) is 24.3 Å². The number of alkyl halides is 3. The first-order valence-electron chi connectivity index (χ1n) is 12.0. The molecule has 1 aliphatic heterocycles. The van der Waals surface area contributed by atoms with Crippen LogP contribution in [0.25, 0.3) is 0 Å². The number of benzene rings is 1. The Morgan fingerprint density at radius 2 is 1.53 bits per heavy atom. The molecule has 4 nitrogen and oxygen atoms in total. The molecule has 4 saturated carbocycles. The lowest BCUT2D eigenvalue weighted by atomic mass is 9.49. The van der Waals surface area contributed by atoms with Crippen molar-refractivity contribution in [2.75, 3.05) is 13.1 Å². The third kappa shape index (κ3) is 4.27. The molecule has 0 aromatic heterocycles. The summed E-state index contributed by atoms with van der Waals surface area (Å²) in [7, 11) is 0. The van der Waals surface area contributed by atoms with Crippen molar-refractivity contribution in [1.29, 1.82) is 0 Å². The minimum absolute atomic E-state index is 0.0154. The third-order valence-electron chi connectivity index (χ3n) is 8.31. The van der Waals surface area contributed by atoms with Crippen LogP contribution in [0.5, 0.6) is 0 Å². The Balaban J connectivity index is 1.15. The highest BCUT2D eigenvalue weighted by molar-refractivity contribution is 5.96. The summed E-state index contributed by atoms with van der Waals surface area (Å²) in [4.78, 5) is 27.1. The normalized spacial score (nSPS) is 32.2. The standard InChI is InChI=1S/C25H31F3N2O2/c26-25(27,28)21-4-2-1-3-20(21)23(32)30-7-5-19(6-8-30)29-22(31)15-24-12-16-9-17(13-24)11-18(10-16)14-24/h1-4,16-19H,5-15H2,(H,29,31). The van der Waals surface area contributed by atoms with Gasteiger partial charge in [-0.3, -0.25) is 9.59 Å². The van der Waals surface area contributed by atoms with E-state index in [1.54, 1.807) is 0 Å². The molecule has 32 heavy (non-hydrogen) atoms. The minimum atomic E-state index is -4.56. The SMILES string of the molecule is O=C(CC12CC3CC(CC(C3)C1)C2)NC1CCN(C(=O)c2ccccc2C(F)(F)F)CC1. The average molecular weight is 449 g/mol. The molecular formula is C25H31F3N2O2. The molecule has 1 aromatic rings. The van der Waals surface area contributed by atoms with E-state index in [0.717, 1.165) is 23.8 Å². The summed E-state index contributed by atoms with van der Waals surface area (Å²) in [6.45, 7) is 0.709. The van der Waals surface area contributed by atoms with Crippen LogP contribution in [0.2, 0.25) is 0 Å². The van der Waals surface area contributed by atoms with Crippen molar-refractivity contribution in [3.05, 3.63) is 35.4 Å². The monoisotopic (exact) mass is 448 g/mol. The molecule has 0 radical (unpaired) electrons. The van der Waals surface area contributed by atoms with Crippen LogP contribution < -0.4 is 5.32 Å². The maximum atomic E-state index is 13.3. The molecule has 1 aromatic carbocycles. The van der Waals surface area contributed by atoms with Gasteiger partial charge in [-0.2, -0.15) is 13.2 Å². The van der Waals surface area contributed by atoms with Gasteiger partial charge in [-0.15, -0.1) is 0 Å². The molecule has 6 rings (SSSR count). The van der Waals surface area contributed by atoms with Crippen LogP contribution in [-0.4, -0.2) is 35.8 Å². The van der Waals surface area contributed by atoms with Crippen LogP contribution in [0.1, 0.15) is 73.7 Å². The number of nitrogens with one attached hydrogen (secondary N) is 1. The highest BCUT2D eigenvalue weighted by atomic mass is 19.4. The van der Waals surface area contributed by atoms with Crippen molar-refractivity contribution in [3.8, 4) is 0 Å². The van der Waals surface area contributed by atoms with E-state index in [-0.39, 0.29) is 22.9 Å². The van der Waals surface area contributed by atoms with Gasteiger partial charge in [0.15, 0.2) is 0 Å². The van der Waals surface area contributed by atoms with Gasteiger partial charge in [-0.1, -0.05) is 12.1 Å². The molecule has 5 aliphatic rings. The summed E-state index contributed by atoms with van der Waals surface area (Å²) in [6.07, 6.45) is 4.83. The van der Waals surface area contributed by atoms with Crippen molar-refractivity contribution in [3.63, 3.8) is 0 Å². The van der Waals surface area contributed by atoms with E-state index < -0.39 is 17.6 Å². The van der Waals surface area contributed by atoms with E-state index in [1.807, 2.05) is 0 Å². The number of halogens is 3. The first kappa shape index (κ1) is 21.8. The van der Waals surface area contributed by atoms with Crippen LogP contribution in [-0.2, 0) is 11.0 Å². The lowest BCUT2D eigenvalue weighted by Crippen LogP contribution is -2.50. The van der Waals surface area contributed by atoms with Crippen molar-refractivity contribution < 1.29 is 22.8 Å². The molecule has 0 spiro atoms. The van der Waals surface area contributed by atoms with Gasteiger partial charge in [0.2, 0.25) is 5.91 Å². The zero-order chi connectivity index (χ0) is 22.5. The fourth-order valence-corrected chi connectivity index (χ4v) is 7.44. The van der Waals surface area contributed by atoms with Crippen molar-refractivity contribution in [2.45, 2.75) is 70.0 Å². The second-order valence-electron chi connectivity index (χ2n) is 10.8. The Bertz CT molecular complexity index is 854. The summed E-state index contributed by atoms with van der Waals surface area (Å²) >= 11 is 0. The maximum absolute atomic E-state index is 13.3. The number of hydrogen-bond acceptors (Lipinski definition) is 2. The number of nitrogens with zero attached hydrogens (tertiary/aromatic N) is 1. The zero-order valence-corrected chi connectivity index (χ0v) is 18.3. The first-order chi connectivity index (χ1) is 15.2. The zero-order valence-electron chi connectivity index (χ0n) is 18.3. The summed E-state index contributed by atoms with van der Waals surface area (Å²) in [5, 5.41) is 3.17. The molecule has 0 atom stereocenters. The third-order valence-corrected chi connectivity index (χ3v) is 8.31. The van der Waals surface area contributed by atoms with Gasteiger partial charge in [-0.25, -0.2) is 0 Å². The Hall–Kier alpha value is -2.05. The van der Waals surface area contributed by atoms with E-state index in [4.69, 9.17) is 0 Å². The van der Waals surface area contributed by atoms with Gasteiger partial charge in [0.25, 0.3) is 5.91 Å². The van der Waals surface area contributed by atoms with Gasteiger partial charge in [0.05, 0.1) is 11.1 Å². The molecule has 4 aliphatic carbocycles.